The molecule has 1 heterocycles. The second kappa shape index (κ2) is 5.25. The highest BCUT2D eigenvalue weighted by atomic mass is 32.1. The van der Waals surface area contributed by atoms with Crippen molar-refractivity contribution in [3.63, 3.8) is 0 Å². The van der Waals surface area contributed by atoms with E-state index in [2.05, 4.69) is 35.6 Å². The third-order valence-corrected chi connectivity index (χ3v) is 5.33. The minimum Gasteiger partial charge on any atom is -0.394 e. The largest absolute Gasteiger partial charge is 0.394 e. The van der Waals surface area contributed by atoms with Crippen LogP contribution < -0.4 is 0 Å². The van der Waals surface area contributed by atoms with E-state index in [4.69, 9.17) is 4.84 Å². The van der Waals surface area contributed by atoms with Crippen LogP contribution in [0.15, 0.2) is 16.6 Å². The van der Waals surface area contributed by atoms with Gasteiger partial charge in [0.25, 0.3) is 0 Å². The number of likely N-dealkylation sites (N-methyl/N-ethyl adjacent to an activating group) is 1. The van der Waals surface area contributed by atoms with E-state index < -0.39 is 0 Å². The molecule has 0 aromatic carbocycles. The second-order valence-electron chi connectivity index (χ2n) is 6.00. The summed E-state index contributed by atoms with van der Waals surface area (Å²) in [6, 6.07) is 2.31. The standard InChI is InChI=1S/C15H22N2OS/c1-17(2)8-9-18-16-13-11-15(6-3-4-7-15)12-5-10-19-14(12)13/h5,10H,3-4,6-9,11H2,1-2H3. The van der Waals surface area contributed by atoms with Crippen molar-refractivity contribution in [3.8, 4) is 0 Å². The van der Waals surface area contributed by atoms with E-state index in [1.807, 2.05) is 11.3 Å². The summed E-state index contributed by atoms with van der Waals surface area (Å²) in [5.41, 5.74) is 3.13. The molecule has 0 unspecified atom stereocenters. The Labute approximate surface area is 119 Å². The Morgan fingerprint density at radius 3 is 2.89 bits per heavy atom. The van der Waals surface area contributed by atoms with Gasteiger partial charge in [-0.3, -0.25) is 0 Å². The van der Waals surface area contributed by atoms with E-state index in [-0.39, 0.29) is 0 Å². The van der Waals surface area contributed by atoms with Crippen molar-refractivity contribution in [2.45, 2.75) is 37.5 Å². The molecule has 0 atom stereocenters. The quantitative estimate of drug-likeness (QED) is 0.624. The SMILES string of the molecule is CN(C)CCON=C1CC2(CCCC2)c2ccsc21. The lowest BCUT2D eigenvalue weighted by Crippen LogP contribution is -2.19. The van der Waals surface area contributed by atoms with Crippen molar-refractivity contribution in [3.05, 3.63) is 21.9 Å². The summed E-state index contributed by atoms with van der Waals surface area (Å²) < 4.78 is 0. The molecule has 3 rings (SSSR count). The lowest BCUT2D eigenvalue weighted by molar-refractivity contribution is 0.125. The first-order valence-electron chi connectivity index (χ1n) is 7.13. The molecular formula is C15H22N2OS. The van der Waals surface area contributed by atoms with Gasteiger partial charge in [0.05, 0.1) is 10.6 Å². The summed E-state index contributed by atoms with van der Waals surface area (Å²) in [6.07, 6.45) is 6.48. The molecule has 0 saturated heterocycles. The molecule has 4 heteroatoms. The molecule has 1 fully saturated rings. The molecule has 0 aliphatic heterocycles. The summed E-state index contributed by atoms with van der Waals surface area (Å²) in [5.74, 6) is 0. The fourth-order valence-corrected chi connectivity index (χ4v) is 4.36. The normalized spacial score (nSPS) is 22.6. The zero-order chi connectivity index (χ0) is 13.3. The van der Waals surface area contributed by atoms with Gasteiger partial charge in [-0.25, -0.2) is 0 Å². The topological polar surface area (TPSA) is 24.8 Å². The smallest absolute Gasteiger partial charge is 0.129 e. The predicted octanol–water partition coefficient (Wildman–Crippen LogP) is 3.25. The first kappa shape index (κ1) is 13.1. The van der Waals surface area contributed by atoms with Crippen molar-refractivity contribution >= 4 is 17.0 Å². The first-order valence-corrected chi connectivity index (χ1v) is 8.01. The molecule has 1 aromatic heterocycles. The molecule has 2 aliphatic carbocycles. The summed E-state index contributed by atoms with van der Waals surface area (Å²) in [4.78, 5) is 9.01. The number of hydrogen-bond donors (Lipinski definition) is 0. The zero-order valence-corrected chi connectivity index (χ0v) is 12.6. The lowest BCUT2D eigenvalue weighted by atomic mass is 9.81. The van der Waals surface area contributed by atoms with Crippen LogP contribution in [0.5, 0.6) is 0 Å². The van der Waals surface area contributed by atoms with Crippen LogP contribution in [-0.2, 0) is 10.3 Å². The van der Waals surface area contributed by atoms with Gasteiger partial charge in [-0.15, -0.1) is 11.3 Å². The maximum Gasteiger partial charge on any atom is 0.129 e. The average Bonchev–Trinajstić information content (AvgIpc) is 3.05. The number of nitrogens with zero attached hydrogens (tertiary/aromatic N) is 2. The van der Waals surface area contributed by atoms with Crippen LogP contribution >= 0.6 is 11.3 Å². The van der Waals surface area contributed by atoms with Crippen LogP contribution in [0.1, 0.15) is 42.5 Å². The van der Waals surface area contributed by atoms with E-state index in [1.165, 1.54) is 36.3 Å². The molecule has 0 amide bonds. The highest BCUT2D eigenvalue weighted by Crippen LogP contribution is 2.51. The first-order chi connectivity index (χ1) is 9.21. The third kappa shape index (κ3) is 2.43. The van der Waals surface area contributed by atoms with Gasteiger partial charge in [0.15, 0.2) is 0 Å². The molecule has 3 nitrogen and oxygen atoms in total. The van der Waals surface area contributed by atoms with Gasteiger partial charge in [-0.05, 0) is 43.9 Å². The van der Waals surface area contributed by atoms with E-state index >= 15 is 0 Å². The molecule has 0 radical (unpaired) electrons. The van der Waals surface area contributed by atoms with Crippen molar-refractivity contribution in [1.29, 1.82) is 0 Å². The third-order valence-electron chi connectivity index (χ3n) is 4.37. The van der Waals surface area contributed by atoms with Gasteiger partial charge in [0.2, 0.25) is 0 Å². The van der Waals surface area contributed by atoms with Crippen LogP contribution in [0.2, 0.25) is 0 Å². The maximum absolute atomic E-state index is 5.51. The maximum atomic E-state index is 5.51. The van der Waals surface area contributed by atoms with Crippen molar-refractivity contribution in [2.24, 2.45) is 5.16 Å². The lowest BCUT2D eigenvalue weighted by Gasteiger charge is -2.22. The van der Waals surface area contributed by atoms with E-state index in [0.29, 0.717) is 12.0 Å². The van der Waals surface area contributed by atoms with Gasteiger partial charge in [0, 0.05) is 18.4 Å². The highest BCUT2D eigenvalue weighted by Gasteiger charge is 2.44. The predicted molar refractivity (Wildman–Crippen MR) is 80.1 cm³/mol. The van der Waals surface area contributed by atoms with Gasteiger partial charge in [0.1, 0.15) is 6.61 Å². The fraction of sp³-hybridized carbons (Fsp3) is 0.667. The molecule has 104 valence electrons. The Bertz CT molecular complexity index is 472. The number of hydrogen-bond acceptors (Lipinski definition) is 4. The fourth-order valence-electron chi connectivity index (χ4n) is 3.36. The number of oxime groups is 1. The monoisotopic (exact) mass is 278 g/mol. The second-order valence-corrected chi connectivity index (χ2v) is 6.92. The Kier molecular flexibility index (Phi) is 3.63. The number of fused-ring (bicyclic) bond motifs is 2. The van der Waals surface area contributed by atoms with Crippen molar-refractivity contribution in [1.82, 2.24) is 4.90 Å². The molecule has 1 spiro atoms. The van der Waals surface area contributed by atoms with Gasteiger partial charge >= 0.3 is 0 Å². The van der Waals surface area contributed by atoms with Crippen LogP contribution in [0, 0.1) is 0 Å². The molecule has 0 bridgehead atoms. The number of thiophene rings is 1. The summed E-state index contributed by atoms with van der Waals surface area (Å²) >= 11 is 1.82. The molecular weight excluding hydrogens is 256 g/mol. The highest BCUT2D eigenvalue weighted by molar-refractivity contribution is 7.12. The molecule has 1 aromatic rings. The minimum absolute atomic E-state index is 0.402. The van der Waals surface area contributed by atoms with Gasteiger partial charge < -0.3 is 9.74 Å². The Morgan fingerprint density at radius 1 is 1.37 bits per heavy atom. The van der Waals surface area contributed by atoms with Gasteiger partial charge in [-0.2, -0.15) is 0 Å². The Balaban J connectivity index is 1.73. The molecule has 1 saturated carbocycles. The summed E-state index contributed by atoms with van der Waals surface area (Å²) in [5, 5.41) is 6.64. The van der Waals surface area contributed by atoms with E-state index in [1.54, 1.807) is 5.56 Å². The zero-order valence-electron chi connectivity index (χ0n) is 11.8. The van der Waals surface area contributed by atoms with Crippen LogP contribution in [0.4, 0.5) is 0 Å². The van der Waals surface area contributed by atoms with E-state index in [9.17, 15) is 0 Å². The molecule has 2 aliphatic rings. The van der Waals surface area contributed by atoms with Crippen LogP contribution in [0.3, 0.4) is 0 Å². The molecule has 0 N–H and O–H groups in total. The van der Waals surface area contributed by atoms with Gasteiger partial charge in [-0.1, -0.05) is 18.0 Å². The van der Waals surface area contributed by atoms with E-state index in [0.717, 1.165) is 13.0 Å². The summed E-state index contributed by atoms with van der Waals surface area (Å²) in [7, 11) is 4.11. The van der Waals surface area contributed by atoms with Crippen LogP contribution in [-0.4, -0.2) is 37.9 Å². The Hall–Kier alpha value is -0.870. The Morgan fingerprint density at radius 2 is 2.16 bits per heavy atom. The minimum atomic E-state index is 0.402. The van der Waals surface area contributed by atoms with Crippen LogP contribution in [0.25, 0.3) is 0 Å². The van der Waals surface area contributed by atoms with Crippen molar-refractivity contribution in [2.75, 3.05) is 27.2 Å². The summed E-state index contributed by atoms with van der Waals surface area (Å²) in [6.45, 7) is 1.59. The van der Waals surface area contributed by atoms with Crippen molar-refractivity contribution < 1.29 is 4.84 Å². The average molecular weight is 278 g/mol. The molecule has 19 heavy (non-hydrogen) atoms. The number of rotatable bonds is 4.